The Labute approximate surface area is 87.1 Å². The quantitative estimate of drug-likeness (QED) is 0.646. The molecule has 0 aliphatic carbocycles. The molecule has 1 heteroatoms. The van der Waals surface area contributed by atoms with Gasteiger partial charge in [-0.05, 0) is 43.0 Å². The van der Waals surface area contributed by atoms with Crippen molar-refractivity contribution in [3.05, 3.63) is 36.2 Å². The molecule has 1 radical (unpaired) electrons. The van der Waals surface area contributed by atoms with Crippen molar-refractivity contribution in [2.45, 2.75) is 33.1 Å². The summed E-state index contributed by atoms with van der Waals surface area (Å²) in [5, 5.41) is 0. The molecule has 0 aromatic heterocycles. The van der Waals surface area contributed by atoms with Gasteiger partial charge in [-0.25, -0.2) is 0 Å². The fourth-order valence-corrected chi connectivity index (χ4v) is 1.35. The third-order valence-electron chi connectivity index (χ3n) is 2.20. The summed E-state index contributed by atoms with van der Waals surface area (Å²) >= 11 is 0. The van der Waals surface area contributed by atoms with E-state index in [0.717, 1.165) is 30.8 Å². The van der Waals surface area contributed by atoms with Crippen LogP contribution in [0.3, 0.4) is 0 Å². The van der Waals surface area contributed by atoms with Crippen molar-refractivity contribution >= 4 is 0 Å². The van der Waals surface area contributed by atoms with Crippen LogP contribution in [-0.2, 0) is 6.42 Å². The minimum atomic E-state index is 0.809. The van der Waals surface area contributed by atoms with Crippen molar-refractivity contribution in [2.24, 2.45) is 0 Å². The normalized spacial score (nSPS) is 10.2. The Bertz CT molecular complexity index is 279. The predicted octanol–water partition coefficient (Wildman–Crippen LogP) is 3.61. The van der Waals surface area contributed by atoms with E-state index < -0.39 is 0 Å². The molecule has 1 rings (SSSR count). The zero-order valence-electron chi connectivity index (χ0n) is 9.18. The third-order valence-corrected chi connectivity index (χ3v) is 2.20. The van der Waals surface area contributed by atoms with Crippen molar-refractivity contribution in [3.63, 3.8) is 0 Å². The molecule has 0 aliphatic rings. The summed E-state index contributed by atoms with van der Waals surface area (Å²) < 4.78 is 5.63. The van der Waals surface area contributed by atoms with E-state index in [4.69, 9.17) is 4.74 Å². The molecule has 77 valence electrons. The summed E-state index contributed by atoms with van der Waals surface area (Å²) in [5.41, 5.74) is 2.33. The van der Waals surface area contributed by atoms with Crippen LogP contribution in [0.25, 0.3) is 0 Å². The average molecular weight is 191 g/mol. The second-order valence-corrected chi connectivity index (χ2v) is 3.54. The van der Waals surface area contributed by atoms with Crippen molar-refractivity contribution in [3.8, 4) is 5.75 Å². The molecule has 0 bridgehead atoms. The highest BCUT2D eigenvalue weighted by molar-refractivity contribution is 5.35. The maximum absolute atomic E-state index is 5.63. The van der Waals surface area contributed by atoms with E-state index in [1.165, 1.54) is 12.0 Å². The smallest absolute Gasteiger partial charge is 0.119 e. The third kappa shape index (κ3) is 3.41. The Morgan fingerprint density at radius 3 is 2.64 bits per heavy atom. The van der Waals surface area contributed by atoms with Gasteiger partial charge in [0.2, 0.25) is 0 Å². The average Bonchev–Trinajstić information content (AvgIpc) is 2.17. The van der Waals surface area contributed by atoms with Crippen LogP contribution in [0.5, 0.6) is 5.75 Å². The molecule has 0 fully saturated rings. The van der Waals surface area contributed by atoms with E-state index in [0.29, 0.717) is 0 Å². The van der Waals surface area contributed by atoms with Gasteiger partial charge in [-0.1, -0.05) is 26.3 Å². The molecule has 0 amide bonds. The second-order valence-electron chi connectivity index (χ2n) is 3.54. The first-order valence-electron chi connectivity index (χ1n) is 5.35. The van der Waals surface area contributed by atoms with Crippen molar-refractivity contribution < 1.29 is 4.74 Å². The van der Waals surface area contributed by atoms with Crippen LogP contribution in [0, 0.1) is 6.92 Å². The molecular formula is C13H19O. The number of benzene rings is 1. The fraction of sp³-hybridized carbons (Fsp3) is 0.462. The predicted molar refractivity (Wildman–Crippen MR) is 60.7 cm³/mol. The summed E-state index contributed by atoms with van der Waals surface area (Å²) in [6.07, 6.45) is 3.32. The van der Waals surface area contributed by atoms with Gasteiger partial charge in [-0.3, -0.25) is 0 Å². The molecule has 0 atom stereocenters. The van der Waals surface area contributed by atoms with E-state index in [2.05, 4.69) is 32.9 Å². The lowest BCUT2D eigenvalue weighted by Crippen LogP contribution is -1.97. The number of hydrogen-bond acceptors (Lipinski definition) is 1. The molecule has 0 spiro atoms. The van der Waals surface area contributed by atoms with Gasteiger partial charge in [0.1, 0.15) is 5.75 Å². The Kier molecular flexibility index (Phi) is 4.51. The Balaban J connectivity index is 2.62. The van der Waals surface area contributed by atoms with Crippen LogP contribution in [0.1, 0.15) is 37.8 Å². The largest absolute Gasteiger partial charge is 0.494 e. The van der Waals surface area contributed by atoms with E-state index in [1.807, 2.05) is 6.07 Å². The van der Waals surface area contributed by atoms with Crippen LogP contribution < -0.4 is 4.74 Å². The van der Waals surface area contributed by atoms with E-state index >= 15 is 0 Å². The lowest BCUT2D eigenvalue weighted by atomic mass is 10.1. The van der Waals surface area contributed by atoms with Gasteiger partial charge >= 0.3 is 0 Å². The van der Waals surface area contributed by atoms with Crippen LogP contribution in [0.15, 0.2) is 18.2 Å². The summed E-state index contributed by atoms with van der Waals surface area (Å²) in [7, 11) is 0. The molecular weight excluding hydrogens is 172 g/mol. The first kappa shape index (κ1) is 11.1. The molecule has 0 unspecified atom stereocenters. The second kappa shape index (κ2) is 5.69. The zero-order valence-corrected chi connectivity index (χ0v) is 9.18. The molecule has 0 aliphatic heterocycles. The molecule has 1 nitrogen and oxygen atoms in total. The highest BCUT2D eigenvalue weighted by atomic mass is 16.5. The van der Waals surface area contributed by atoms with Gasteiger partial charge in [-0.15, -0.1) is 0 Å². The minimum absolute atomic E-state index is 0.809. The van der Waals surface area contributed by atoms with E-state index in [9.17, 15) is 0 Å². The fourth-order valence-electron chi connectivity index (χ4n) is 1.35. The summed E-state index contributed by atoms with van der Waals surface area (Å²) in [6.45, 7) is 9.06. The first-order chi connectivity index (χ1) is 6.76. The molecule has 0 N–H and O–H groups in total. The lowest BCUT2D eigenvalue weighted by molar-refractivity contribution is 0.309. The van der Waals surface area contributed by atoms with Crippen LogP contribution in [-0.4, -0.2) is 6.61 Å². The van der Waals surface area contributed by atoms with Gasteiger partial charge in [0.25, 0.3) is 0 Å². The van der Waals surface area contributed by atoms with Crippen molar-refractivity contribution in [1.82, 2.24) is 0 Å². The maximum atomic E-state index is 5.63. The summed E-state index contributed by atoms with van der Waals surface area (Å²) in [6, 6.07) is 6.20. The SMILES string of the molecule is [CH2]c1cc(CC)cc(OCCCC)c1. The number of unbranched alkanes of at least 4 members (excludes halogenated alkanes) is 1. The molecule has 1 aromatic carbocycles. The monoisotopic (exact) mass is 191 g/mol. The Hall–Kier alpha value is -0.980. The number of ether oxygens (including phenoxy) is 1. The van der Waals surface area contributed by atoms with Crippen molar-refractivity contribution in [1.29, 1.82) is 0 Å². The minimum Gasteiger partial charge on any atom is -0.494 e. The maximum Gasteiger partial charge on any atom is 0.119 e. The van der Waals surface area contributed by atoms with E-state index in [-0.39, 0.29) is 0 Å². The lowest BCUT2D eigenvalue weighted by Gasteiger charge is -2.08. The molecule has 1 aromatic rings. The molecule has 0 saturated carbocycles. The van der Waals surface area contributed by atoms with Crippen molar-refractivity contribution in [2.75, 3.05) is 6.61 Å². The van der Waals surface area contributed by atoms with Gasteiger partial charge in [-0.2, -0.15) is 0 Å². The highest BCUT2D eigenvalue weighted by Crippen LogP contribution is 2.17. The van der Waals surface area contributed by atoms with Gasteiger partial charge in [0, 0.05) is 0 Å². The molecule has 14 heavy (non-hydrogen) atoms. The van der Waals surface area contributed by atoms with Crippen LogP contribution >= 0.6 is 0 Å². The Morgan fingerprint density at radius 1 is 1.21 bits per heavy atom. The molecule has 0 heterocycles. The standard InChI is InChI=1S/C13H19O/c1-4-6-7-14-13-9-11(3)8-12(5-2)10-13/h8-10H,3-7H2,1-2H3. The topological polar surface area (TPSA) is 9.23 Å². The summed E-state index contributed by atoms with van der Waals surface area (Å²) in [5.74, 6) is 0.961. The van der Waals surface area contributed by atoms with Crippen LogP contribution in [0.2, 0.25) is 0 Å². The first-order valence-corrected chi connectivity index (χ1v) is 5.35. The summed E-state index contributed by atoms with van der Waals surface area (Å²) in [4.78, 5) is 0. The zero-order chi connectivity index (χ0) is 10.4. The van der Waals surface area contributed by atoms with Crippen LogP contribution in [0.4, 0.5) is 0 Å². The number of hydrogen-bond donors (Lipinski definition) is 0. The van der Waals surface area contributed by atoms with Gasteiger partial charge < -0.3 is 4.74 Å². The number of rotatable bonds is 5. The highest BCUT2D eigenvalue weighted by Gasteiger charge is 1.97. The van der Waals surface area contributed by atoms with E-state index in [1.54, 1.807) is 0 Å². The Morgan fingerprint density at radius 2 is 2.00 bits per heavy atom. The van der Waals surface area contributed by atoms with Gasteiger partial charge in [0.05, 0.1) is 6.61 Å². The number of aryl methyl sites for hydroxylation is 1. The molecule has 0 saturated heterocycles. The van der Waals surface area contributed by atoms with Gasteiger partial charge in [0.15, 0.2) is 0 Å².